The molecular weight excluding hydrogens is 532 g/mol. The molecule has 44 heavy (non-hydrogen) atoms. The van der Waals surface area contributed by atoms with Gasteiger partial charge < -0.3 is 0 Å². The van der Waals surface area contributed by atoms with Crippen molar-refractivity contribution in [3.63, 3.8) is 0 Å². The number of Topliss-reactive ketones (excluding diaryl/α,β-unsaturated/α-hetero) is 1. The monoisotopic (exact) mass is 601 g/mol. The molecule has 0 heterocycles. The minimum Gasteiger partial charge on any atom is -0.294 e. The fourth-order valence-corrected chi connectivity index (χ4v) is 12.7. The molecule has 1 unspecified atom stereocenters. The Kier molecular flexibility index (Phi) is 10.7. The van der Waals surface area contributed by atoms with E-state index in [1.807, 2.05) is 0 Å². The SMILES string of the molecule is CCCCCCCC1CCC(c2ccc(C(=O)CC[C@@H](C)[C@H]3CC[C@H]4[C@@H]5CCC6CCCC[C@]6(C)[C@H]5CC[C@]34C)cc2)CC1. The quantitative estimate of drug-likeness (QED) is 0.172. The smallest absolute Gasteiger partial charge is 0.162 e. The highest BCUT2D eigenvalue weighted by atomic mass is 16.1. The maximum Gasteiger partial charge on any atom is 0.162 e. The van der Waals surface area contributed by atoms with Crippen LogP contribution in [0.3, 0.4) is 0 Å². The van der Waals surface area contributed by atoms with E-state index in [0.717, 1.165) is 53.9 Å². The van der Waals surface area contributed by atoms with Crippen molar-refractivity contribution < 1.29 is 4.79 Å². The van der Waals surface area contributed by atoms with Crippen LogP contribution in [0.25, 0.3) is 0 Å². The Morgan fingerprint density at radius 2 is 1.52 bits per heavy atom. The fraction of sp³-hybridized carbons (Fsp3) is 0.837. The molecule has 5 fully saturated rings. The van der Waals surface area contributed by atoms with Crippen molar-refractivity contribution >= 4 is 5.78 Å². The van der Waals surface area contributed by atoms with E-state index >= 15 is 0 Å². The Labute approximate surface area is 272 Å². The third-order valence-electron chi connectivity index (χ3n) is 15.4. The summed E-state index contributed by atoms with van der Waals surface area (Å²) >= 11 is 0. The molecule has 0 aliphatic heterocycles. The van der Waals surface area contributed by atoms with E-state index in [9.17, 15) is 4.79 Å². The summed E-state index contributed by atoms with van der Waals surface area (Å²) < 4.78 is 0. The van der Waals surface area contributed by atoms with Crippen molar-refractivity contribution in [2.75, 3.05) is 0 Å². The summed E-state index contributed by atoms with van der Waals surface area (Å²) in [5, 5.41) is 0. The Morgan fingerprint density at radius 1 is 0.773 bits per heavy atom. The van der Waals surface area contributed by atoms with Crippen LogP contribution in [0, 0.1) is 52.3 Å². The first-order valence-corrected chi connectivity index (χ1v) is 20.0. The number of unbranched alkanes of at least 4 members (excludes halogenated alkanes) is 4. The van der Waals surface area contributed by atoms with E-state index in [2.05, 4.69) is 52.0 Å². The lowest BCUT2D eigenvalue weighted by Gasteiger charge is -2.61. The summed E-state index contributed by atoms with van der Waals surface area (Å²) in [5.41, 5.74) is 3.58. The van der Waals surface area contributed by atoms with Gasteiger partial charge in [-0.05, 0) is 147 Å². The molecule has 1 heteroatoms. The summed E-state index contributed by atoms with van der Waals surface area (Å²) in [6.07, 6.45) is 30.6. The molecule has 0 bridgehead atoms. The lowest BCUT2D eigenvalue weighted by molar-refractivity contribution is -0.114. The molecule has 1 aromatic carbocycles. The zero-order valence-electron chi connectivity index (χ0n) is 29.4. The van der Waals surface area contributed by atoms with Gasteiger partial charge in [-0.15, -0.1) is 0 Å². The van der Waals surface area contributed by atoms with Gasteiger partial charge in [-0.2, -0.15) is 0 Å². The normalized spacial score (nSPS) is 39.2. The first-order valence-electron chi connectivity index (χ1n) is 20.0. The molecule has 1 aromatic rings. The third-order valence-corrected chi connectivity index (χ3v) is 15.4. The van der Waals surface area contributed by atoms with Crippen LogP contribution in [0.4, 0.5) is 0 Å². The van der Waals surface area contributed by atoms with Crippen molar-refractivity contribution in [2.45, 2.75) is 175 Å². The predicted molar refractivity (Wildman–Crippen MR) is 187 cm³/mol. The molecule has 5 aliphatic rings. The maximum absolute atomic E-state index is 13.4. The molecule has 246 valence electrons. The van der Waals surface area contributed by atoms with Crippen LogP contribution in [-0.2, 0) is 0 Å². The van der Waals surface area contributed by atoms with Crippen LogP contribution in [0.5, 0.6) is 0 Å². The van der Waals surface area contributed by atoms with Gasteiger partial charge in [-0.3, -0.25) is 4.79 Å². The minimum absolute atomic E-state index is 0.377. The molecule has 0 aromatic heterocycles. The van der Waals surface area contributed by atoms with E-state index in [4.69, 9.17) is 0 Å². The largest absolute Gasteiger partial charge is 0.294 e. The van der Waals surface area contributed by atoms with Gasteiger partial charge in [-0.25, -0.2) is 0 Å². The molecule has 5 aliphatic carbocycles. The van der Waals surface area contributed by atoms with Crippen molar-refractivity contribution in [3.05, 3.63) is 35.4 Å². The average Bonchev–Trinajstić information content (AvgIpc) is 3.41. The second-order valence-electron chi connectivity index (χ2n) is 17.6. The highest BCUT2D eigenvalue weighted by Crippen LogP contribution is 2.68. The van der Waals surface area contributed by atoms with Gasteiger partial charge in [0, 0.05) is 12.0 Å². The van der Waals surface area contributed by atoms with Gasteiger partial charge >= 0.3 is 0 Å². The van der Waals surface area contributed by atoms with Crippen LogP contribution >= 0.6 is 0 Å². The summed E-state index contributed by atoms with van der Waals surface area (Å²) in [7, 11) is 0. The van der Waals surface area contributed by atoms with E-state index in [0.29, 0.717) is 28.4 Å². The summed E-state index contributed by atoms with van der Waals surface area (Å²) in [6.45, 7) is 10.2. The lowest BCUT2D eigenvalue weighted by Crippen LogP contribution is -2.53. The van der Waals surface area contributed by atoms with Crippen LogP contribution in [0.1, 0.15) is 191 Å². The predicted octanol–water partition coefficient (Wildman–Crippen LogP) is 13.0. The molecule has 6 rings (SSSR count). The zero-order chi connectivity index (χ0) is 30.7. The van der Waals surface area contributed by atoms with Gasteiger partial charge in [0.1, 0.15) is 0 Å². The van der Waals surface area contributed by atoms with Crippen LogP contribution in [0.15, 0.2) is 24.3 Å². The van der Waals surface area contributed by atoms with Gasteiger partial charge in [0.25, 0.3) is 0 Å². The molecular formula is C43H68O. The number of hydrogen-bond donors (Lipinski definition) is 0. The van der Waals surface area contributed by atoms with Crippen LogP contribution < -0.4 is 0 Å². The summed E-state index contributed by atoms with van der Waals surface area (Å²) in [5.74, 6) is 7.45. The van der Waals surface area contributed by atoms with Crippen molar-refractivity contribution in [2.24, 2.45) is 52.3 Å². The number of rotatable bonds is 12. The number of benzene rings is 1. The Morgan fingerprint density at radius 3 is 2.30 bits per heavy atom. The topological polar surface area (TPSA) is 17.1 Å². The standard InChI is InChI=1S/C43H68O/c1-5-6-7-8-9-12-32-15-17-33(18-16-32)34-19-21-35(22-20-34)41(44)27-14-31(2)38-25-26-39-37-24-23-36-13-10-11-29-42(36,3)40(37)28-30-43(38,39)4/h19-22,31-33,36-40H,5-18,23-30H2,1-4H3/t31-,32?,33?,36?,37+,38-,39+,40+,42+,43-/m1/s1. The molecule has 0 spiro atoms. The number of fused-ring (bicyclic) bond motifs is 5. The zero-order valence-corrected chi connectivity index (χ0v) is 29.4. The lowest BCUT2D eigenvalue weighted by atomic mass is 9.44. The molecule has 1 nitrogen and oxygen atoms in total. The van der Waals surface area contributed by atoms with Crippen LogP contribution in [0.2, 0.25) is 0 Å². The second-order valence-corrected chi connectivity index (χ2v) is 17.6. The van der Waals surface area contributed by atoms with Gasteiger partial charge in [0.15, 0.2) is 5.78 Å². The Hall–Kier alpha value is -1.11. The van der Waals surface area contributed by atoms with Gasteiger partial charge in [-0.1, -0.05) is 103 Å². The number of carbonyl (C=O) groups excluding carboxylic acids is 1. The first kappa shape index (κ1) is 32.8. The highest BCUT2D eigenvalue weighted by molar-refractivity contribution is 5.96. The van der Waals surface area contributed by atoms with E-state index in [1.54, 1.807) is 0 Å². The fourth-order valence-electron chi connectivity index (χ4n) is 12.7. The molecule has 0 amide bonds. The van der Waals surface area contributed by atoms with Crippen LogP contribution in [-0.4, -0.2) is 5.78 Å². The third kappa shape index (κ3) is 6.65. The maximum atomic E-state index is 13.4. The highest BCUT2D eigenvalue weighted by Gasteiger charge is 2.60. The number of carbonyl (C=O) groups is 1. The molecule has 0 saturated heterocycles. The van der Waals surface area contributed by atoms with Crippen molar-refractivity contribution in [1.82, 2.24) is 0 Å². The summed E-state index contributed by atoms with van der Waals surface area (Å²) in [6, 6.07) is 8.93. The number of ketones is 1. The van der Waals surface area contributed by atoms with Gasteiger partial charge in [0.2, 0.25) is 0 Å². The minimum atomic E-state index is 0.377. The van der Waals surface area contributed by atoms with E-state index < -0.39 is 0 Å². The molecule has 0 radical (unpaired) electrons. The van der Waals surface area contributed by atoms with E-state index in [-0.39, 0.29) is 0 Å². The molecule has 0 N–H and O–H groups in total. The van der Waals surface area contributed by atoms with Gasteiger partial charge in [0.05, 0.1) is 0 Å². The Balaban J connectivity index is 0.969. The van der Waals surface area contributed by atoms with Crippen molar-refractivity contribution in [1.29, 1.82) is 0 Å². The summed E-state index contributed by atoms with van der Waals surface area (Å²) in [4.78, 5) is 13.4. The number of hydrogen-bond acceptors (Lipinski definition) is 1. The first-order chi connectivity index (χ1) is 21.3. The molecule has 5 saturated carbocycles. The average molecular weight is 601 g/mol. The van der Waals surface area contributed by atoms with Crippen molar-refractivity contribution in [3.8, 4) is 0 Å². The molecule has 8 atom stereocenters. The Bertz CT molecular complexity index is 1060. The van der Waals surface area contributed by atoms with E-state index in [1.165, 1.54) is 134 Å². The second kappa shape index (κ2) is 14.3.